The molecule has 1 saturated carbocycles. The second-order valence-corrected chi connectivity index (χ2v) is 12.2. The van der Waals surface area contributed by atoms with Crippen LogP contribution < -0.4 is 5.32 Å². The van der Waals surface area contributed by atoms with Gasteiger partial charge in [0.2, 0.25) is 18.2 Å². The maximum absolute atomic E-state index is 13.1. The van der Waals surface area contributed by atoms with Gasteiger partial charge in [-0.1, -0.05) is 40.0 Å². The van der Waals surface area contributed by atoms with E-state index in [4.69, 9.17) is 4.74 Å². The second-order valence-electron chi connectivity index (χ2n) is 12.2. The molecule has 0 bridgehead atoms. The third-order valence-corrected chi connectivity index (χ3v) is 8.99. The maximum atomic E-state index is 13.1. The van der Waals surface area contributed by atoms with Gasteiger partial charge >= 0.3 is 0 Å². The topological polar surface area (TPSA) is 128 Å². The number of rotatable bonds is 10. The number of carbonyl (C=O) groups excluding carboxylic acids is 4. The molecule has 43 heavy (non-hydrogen) atoms. The van der Waals surface area contributed by atoms with Crippen molar-refractivity contribution in [3.63, 3.8) is 0 Å². The minimum Gasteiger partial charge on any atom is -0.379 e. The number of ether oxygens (including phenoxy) is 1. The van der Waals surface area contributed by atoms with Crippen molar-refractivity contribution in [1.29, 1.82) is 0 Å². The minimum absolute atomic E-state index is 0. The molecule has 246 valence electrons. The van der Waals surface area contributed by atoms with Crippen molar-refractivity contribution in [2.45, 2.75) is 85.0 Å². The Hall–Kier alpha value is -2.95. The van der Waals surface area contributed by atoms with E-state index in [2.05, 4.69) is 15.5 Å². The average molecular weight is 607 g/mol. The van der Waals surface area contributed by atoms with Crippen molar-refractivity contribution in [3.05, 3.63) is 18.0 Å². The lowest BCUT2D eigenvalue weighted by Crippen LogP contribution is -2.64. The first-order chi connectivity index (χ1) is 21.0. The first-order valence-corrected chi connectivity index (χ1v) is 16.6. The van der Waals surface area contributed by atoms with Crippen LogP contribution in [-0.4, -0.2) is 108 Å². The van der Waals surface area contributed by atoms with E-state index in [0.717, 1.165) is 32.5 Å². The Morgan fingerprint density at radius 3 is 2.35 bits per heavy atom. The molecule has 1 aromatic rings. The molecule has 3 aliphatic heterocycles. The number of aromatic amines is 1. The maximum Gasteiger partial charge on any atom is 0.257 e. The summed E-state index contributed by atoms with van der Waals surface area (Å²) in [6.07, 6.45) is 15.4. The zero-order valence-corrected chi connectivity index (χ0v) is 26.7. The Bertz CT molecular complexity index is 996. The number of aromatic nitrogens is 2. The van der Waals surface area contributed by atoms with Crippen molar-refractivity contribution >= 4 is 24.1 Å². The highest BCUT2D eigenvalue weighted by atomic mass is 16.5. The number of carbonyl (C=O) groups is 4. The normalized spacial score (nSPS) is 21.2. The molecule has 0 unspecified atom stereocenters. The molecule has 1 spiro atoms. The van der Waals surface area contributed by atoms with Gasteiger partial charge in [0.15, 0.2) is 0 Å². The lowest BCUT2D eigenvalue weighted by Gasteiger charge is -2.50. The molecule has 0 radical (unpaired) electrons. The summed E-state index contributed by atoms with van der Waals surface area (Å²) < 4.78 is 5.82. The smallest absolute Gasteiger partial charge is 0.257 e. The molecule has 4 amide bonds. The highest BCUT2D eigenvalue weighted by Crippen LogP contribution is 2.44. The number of nitrogens with zero attached hydrogens (tertiary/aromatic N) is 4. The molecule has 4 fully saturated rings. The monoisotopic (exact) mass is 606 g/mol. The summed E-state index contributed by atoms with van der Waals surface area (Å²) >= 11 is 0. The SMILES string of the molecule is CC.CCCC(=O)N1CC2(C1)CN(C(=O)c1cn[nH]c1)C[C@H]2C(=O)NCCOCC1CCCCC1.O=CN1CCCCC1.[HH].[HH]. The molecular weight excluding hydrogens is 548 g/mol. The zero-order chi connectivity index (χ0) is 31.1. The van der Waals surface area contributed by atoms with Crippen molar-refractivity contribution in [1.82, 2.24) is 30.2 Å². The van der Waals surface area contributed by atoms with Gasteiger partial charge in [0.1, 0.15) is 0 Å². The molecule has 11 nitrogen and oxygen atoms in total. The molecule has 1 aliphatic carbocycles. The number of nitrogens with one attached hydrogen (secondary N) is 2. The number of hydrogen-bond acceptors (Lipinski definition) is 6. The Balaban J connectivity index is 0.000000729. The summed E-state index contributed by atoms with van der Waals surface area (Å²) in [5.74, 6) is 0.251. The van der Waals surface area contributed by atoms with Crippen molar-refractivity contribution in [2.75, 3.05) is 59.0 Å². The molecule has 1 aromatic heterocycles. The van der Waals surface area contributed by atoms with E-state index in [1.54, 1.807) is 11.1 Å². The molecule has 5 rings (SSSR count). The van der Waals surface area contributed by atoms with Crippen LogP contribution in [0.2, 0.25) is 0 Å². The van der Waals surface area contributed by atoms with Crippen LogP contribution in [0.4, 0.5) is 0 Å². The average Bonchev–Trinajstić information content (AvgIpc) is 3.72. The molecule has 0 aromatic carbocycles. The third kappa shape index (κ3) is 9.78. The number of amides is 4. The van der Waals surface area contributed by atoms with Crippen molar-refractivity contribution < 1.29 is 26.8 Å². The summed E-state index contributed by atoms with van der Waals surface area (Å²) in [6.45, 7) is 11.6. The summed E-state index contributed by atoms with van der Waals surface area (Å²) in [5, 5.41) is 9.57. The fourth-order valence-electron chi connectivity index (χ4n) is 6.61. The van der Waals surface area contributed by atoms with Gasteiger partial charge in [-0.05, 0) is 44.4 Å². The summed E-state index contributed by atoms with van der Waals surface area (Å²) in [6, 6.07) is 0. The fourth-order valence-corrected chi connectivity index (χ4v) is 6.61. The first-order valence-electron chi connectivity index (χ1n) is 16.6. The van der Waals surface area contributed by atoms with Gasteiger partial charge in [0.25, 0.3) is 5.91 Å². The van der Waals surface area contributed by atoms with E-state index in [1.807, 2.05) is 30.6 Å². The van der Waals surface area contributed by atoms with Crippen LogP contribution in [0, 0.1) is 17.3 Å². The number of likely N-dealkylation sites (tertiary alicyclic amines) is 3. The van der Waals surface area contributed by atoms with Crippen molar-refractivity contribution in [3.8, 4) is 0 Å². The van der Waals surface area contributed by atoms with Crippen LogP contribution in [-0.2, 0) is 19.1 Å². The highest BCUT2D eigenvalue weighted by molar-refractivity contribution is 5.95. The number of piperidine rings is 1. The second kappa shape index (κ2) is 18.0. The van der Waals surface area contributed by atoms with E-state index in [9.17, 15) is 19.2 Å². The highest BCUT2D eigenvalue weighted by Gasteiger charge is 2.58. The fraction of sp³-hybridized carbons (Fsp3) is 0.781. The molecule has 4 aliphatic rings. The molecule has 4 heterocycles. The van der Waals surface area contributed by atoms with Crippen LogP contribution in [0.25, 0.3) is 0 Å². The zero-order valence-electron chi connectivity index (χ0n) is 26.7. The number of hydrogen-bond donors (Lipinski definition) is 2. The minimum atomic E-state index is -0.379. The Kier molecular flexibility index (Phi) is 14.5. The quantitative estimate of drug-likeness (QED) is 0.307. The first kappa shape index (κ1) is 34.5. The molecule has 2 N–H and O–H groups in total. The van der Waals surface area contributed by atoms with E-state index < -0.39 is 0 Å². The van der Waals surface area contributed by atoms with Gasteiger partial charge in [0.05, 0.1) is 24.3 Å². The van der Waals surface area contributed by atoms with E-state index in [-0.39, 0.29) is 31.9 Å². The van der Waals surface area contributed by atoms with Crippen LogP contribution in [0.5, 0.6) is 0 Å². The summed E-state index contributed by atoms with van der Waals surface area (Å²) in [7, 11) is 0. The molecule has 1 atom stereocenters. The molecule has 3 saturated heterocycles. The van der Waals surface area contributed by atoms with E-state index >= 15 is 0 Å². The summed E-state index contributed by atoms with van der Waals surface area (Å²) in [4.78, 5) is 53.9. The lowest BCUT2D eigenvalue weighted by molar-refractivity contribution is -0.149. The van der Waals surface area contributed by atoms with Gasteiger partial charge in [0, 0.05) is 73.3 Å². The Morgan fingerprint density at radius 1 is 1.07 bits per heavy atom. The predicted molar refractivity (Wildman–Crippen MR) is 169 cm³/mol. The van der Waals surface area contributed by atoms with Crippen molar-refractivity contribution in [2.24, 2.45) is 17.3 Å². The summed E-state index contributed by atoms with van der Waals surface area (Å²) in [5.41, 5.74) is 0.107. The van der Waals surface area contributed by atoms with Gasteiger partial charge < -0.3 is 24.8 Å². The molecule has 11 heteroatoms. The van der Waals surface area contributed by atoms with Crippen LogP contribution in [0.15, 0.2) is 12.4 Å². The third-order valence-electron chi connectivity index (χ3n) is 8.99. The predicted octanol–water partition coefficient (Wildman–Crippen LogP) is 3.97. The van der Waals surface area contributed by atoms with Crippen LogP contribution in [0.3, 0.4) is 0 Å². The lowest BCUT2D eigenvalue weighted by atomic mass is 9.71. The Morgan fingerprint density at radius 2 is 1.74 bits per heavy atom. The largest absolute Gasteiger partial charge is 0.379 e. The van der Waals surface area contributed by atoms with Crippen LogP contribution >= 0.6 is 0 Å². The van der Waals surface area contributed by atoms with Gasteiger partial charge in [-0.15, -0.1) is 0 Å². The van der Waals surface area contributed by atoms with Crippen LogP contribution in [0.1, 0.15) is 98.2 Å². The van der Waals surface area contributed by atoms with E-state index in [0.29, 0.717) is 57.2 Å². The van der Waals surface area contributed by atoms with Gasteiger partial charge in [-0.3, -0.25) is 24.3 Å². The standard InChI is InChI=1S/C24H37N5O4.C6H11NO.C2H6.2H2/c1-2-6-21(30)29-16-24(17-29)15-28(23(32)19-11-26-27-12-19)13-20(24)22(31)25-9-10-33-14-18-7-4-3-5-8-18;8-6-7-4-2-1-3-5-7;1-2;;/h11-12,18,20H,2-10,13-17H2,1H3,(H,25,31)(H,26,27);6H,1-5H2;1-2H3;2*1H/t20-;;;;/m0..../s1. The van der Waals surface area contributed by atoms with Gasteiger partial charge in [-0.25, -0.2) is 0 Å². The number of H-pyrrole nitrogens is 1. The van der Waals surface area contributed by atoms with E-state index in [1.165, 1.54) is 57.6 Å². The molecular formula is C32H58N6O5. The van der Waals surface area contributed by atoms with Gasteiger partial charge in [-0.2, -0.15) is 5.10 Å². The Labute approximate surface area is 260 Å².